The molecular weight excluding hydrogens is 342 g/mol. The van der Waals surface area contributed by atoms with Crippen LogP contribution in [0, 0.1) is 0 Å². The van der Waals surface area contributed by atoms with Crippen molar-refractivity contribution < 1.29 is 14.6 Å². The lowest BCUT2D eigenvalue weighted by Gasteiger charge is -2.29. The van der Waals surface area contributed by atoms with Gasteiger partial charge in [0.05, 0.1) is 23.9 Å². The molecule has 0 aliphatic carbocycles. The van der Waals surface area contributed by atoms with E-state index >= 15 is 0 Å². The van der Waals surface area contributed by atoms with E-state index < -0.39 is 6.04 Å². The Kier molecular flexibility index (Phi) is 4.07. The van der Waals surface area contributed by atoms with Gasteiger partial charge in [-0.25, -0.2) is 4.99 Å². The van der Waals surface area contributed by atoms with Gasteiger partial charge in [0, 0.05) is 5.56 Å². The standard InChI is InChI=1S/C18H16ClN3O3/c19-15-12-10-22-16(11-4-2-1-3-5-11)17(24)21-18(22)20-13(12)6-7-14(15)25-9-8-23/h1-7,16,23H,8-10H2,(H,20,21,24). The highest BCUT2D eigenvalue weighted by Gasteiger charge is 2.40. The number of hydrogen-bond donors (Lipinski definition) is 2. The average molecular weight is 358 g/mol. The Morgan fingerprint density at radius 2 is 2.08 bits per heavy atom. The van der Waals surface area contributed by atoms with Crippen LogP contribution in [-0.4, -0.2) is 35.1 Å². The first kappa shape index (κ1) is 15.9. The Hall–Kier alpha value is -2.57. The molecule has 6 nitrogen and oxygen atoms in total. The molecule has 0 bridgehead atoms. The minimum Gasteiger partial charge on any atom is -0.490 e. The minimum absolute atomic E-state index is 0.0870. The number of fused-ring (bicyclic) bond motifs is 2. The number of aliphatic hydroxyl groups excluding tert-OH is 1. The summed E-state index contributed by atoms with van der Waals surface area (Å²) in [4.78, 5) is 18.9. The summed E-state index contributed by atoms with van der Waals surface area (Å²) in [5.41, 5.74) is 2.41. The number of amides is 1. The highest BCUT2D eigenvalue weighted by Crippen LogP contribution is 2.41. The van der Waals surface area contributed by atoms with Crippen molar-refractivity contribution in [2.75, 3.05) is 13.2 Å². The molecule has 1 saturated heterocycles. The number of carbonyl (C=O) groups is 1. The Balaban J connectivity index is 1.71. The predicted octanol–water partition coefficient (Wildman–Crippen LogP) is 2.39. The summed E-state index contributed by atoms with van der Waals surface area (Å²) in [6, 6.07) is 12.7. The SMILES string of the molecule is O=C1NC2=Nc3ccc(OCCO)c(Cl)c3CN2C1c1ccccc1. The molecule has 25 heavy (non-hydrogen) atoms. The topological polar surface area (TPSA) is 74.2 Å². The van der Waals surface area contributed by atoms with Crippen LogP contribution < -0.4 is 10.1 Å². The van der Waals surface area contributed by atoms with Crippen LogP contribution in [0.4, 0.5) is 5.69 Å². The Morgan fingerprint density at radius 3 is 2.84 bits per heavy atom. The van der Waals surface area contributed by atoms with Crippen LogP contribution in [-0.2, 0) is 11.3 Å². The lowest BCUT2D eigenvalue weighted by molar-refractivity contribution is -0.121. The van der Waals surface area contributed by atoms with E-state index in [0.717, 1.165) is 11.1 Å². The van der Waals surface area contributed by atoms with Crippen LogP contribution >= 0.6 is 11.6 Å². The number of halogens is 1. The first-order chi connectivity index (χ1) is 12.2. The molecule has 1 unspecified atom stereocenters. The van der Waals surface area contributed by atoms with E-state index in [-0.39, 0.29) is 19.1 Å². The maximum absolute atomic E-state index is 12.5. The molecule has 1 fully saturated rings. The van der Waals surface area contributed by atoms with Gasteiger partial charge in [-0.2, -0.15) is 0 Å². The lowest BCUT2D eigenvalue weighted by atomic mass is 10.0. The molecule has 7 heteroatoms. The van der Waals surface area contributed by atoms with Gasteiger partial charge in [-0.05, 0) is 17.7 Å². The van der Waals surface area contributed by atoms with Crippen molar-refractivity contribution in [1.29, 1.82) is 0 Å². The van der Waals surface area contributed by atoms with E-state index in [2.05, 4.69) is 10.3 Å². The van der Waals surface area contributed by atoms with Crippen LogP contribution in [0.5, 0.6) is 5.75 Å². The highest BCUT2D eigenvalue weighted by molar-refractivity contribution is 6.33. The van der Waals surface area contributed by atoms with Gasteiger partial charge in [-0.1, -0.05) is 41.9 Å². The van der Waals surface area contributed by atoms with E-state index in [1.165, 1.54) is 0 Å². The molecule has 1 atom stereocenters. The van der Waals surface area contributed by atoms with Crippen molar-refractivity contribution in [1.82, 2.24) is 10.2 Å². The van der Waals surface area contributed by atoms with E-state index in [0.29, 0.717) is 29.0 Å². The maximum atomic E-state index is 12.5. The van der Waals surface area contributed by atoms with Crippen molar-refractivity contribution >= 4 is 29.2 Å². The van der Waals surface area contributed by atoms with E-state index in [9.17, 15) is 4.79 Å². The summed E-state index contributed by atoms with van der Waals surface area (Å²) in [6.07, 6.45) is 0. The third-order valence-electron chi connectivity index (χ3n) is 4.27. The molecule has 2 heterocycles. The molecular formula is C18H16ClN3O3. The van der Waals surface area contributed by atoms with E-state index in [1.54, 1.807) is 12.1 Å². The molecule has 128 valence electrons. The number of aliphatic hydroxyl groups is 1. The van der Waals surface area contributed by atoms with Gasteiger partial charge >= 0.3 is 0 Å². The van der Waals surface area contributed by atoms with Crippen molar-refractivity contribution in [3.63, 3.8) is 0 Å². The normalized spacial score (nSPS) is 18.3. The van der Waals surface area contributed by atoms with Crippen molar-refractivity contribution in [3.8, 4) is 5.75 Å². The van der Waals surface area contributed by atoms with Gasteiger partial charge in [-0.3, -0.25) is 10.1 Å². The van der Waals surface area contributed by atoms with Crippen molar-refractivity contribution in [3.05, 3.63) is 58.6 Å². The van der Waals surface area contributed by atoms with Crippen LogP contribution in [0.3, 0.4) is 0 Å². The van der Waals surface area contributed by atoms with Crippen LogP contribution in [0.1, 0.15) is 17.2 Å². The summed E-state index contributed by atoms with van der Waals surface area (Å²) >= 11 is 6.48. The summed E-state index contributed by atoms with van der Waals surface area (Å²) in [5, 5.41) is 12.2. The fourth-order valence-corrected chi connectivity index (χ4v) is 3.41. The molecule has 0 radical (unpaired) electrons. The second-order valence-electron chi connectivity index (χ2n) is 5.81. The largest absolute Gasteiger partial charge is 0.490 e. The smallest absolute Gasteiger partial charge is 0.254 e. The van der Waals surface area contributed by atoms with Gasteiger partial charge in [0.15, 0.2) is 0 Å². The number of hydrogen-bond acceptors (Lipinski definition) is 5. The number of rotatable bonds is 4. The number of carbonyl (C=O) groups excluding carboxylic acids is 1. The second kappa shape index (κ2) is 6.38. The number of nitrogens with zero attached hydrogens (tertiary/aromatic N) is 2. The summed E-state index contributed by atoms with van der Waals surface area (Å²) in [7, 11) is 0. The predicted molar refractivity (Wildman–Crippen MR) is 94.0 cm³/mol. The fourth-order valence-electron chi connectivity index (χ4n) is 3.14. The average Bonchev–Trinajstić information content (AvgIpc) is 2.95. The zero-order chi connectivity index (χ0) is 17.4. The van der Waals surface area contributed by atoms with Crippen LogP contribution in [0.25, 0.3) is 0 Å². The number of aliphatic imine (C=N–C) groups is 1. The molecule has 2 aliphatic rings. The van der Waals surface area contributed by atoms with Crippen LogP contribution in [0.2, 0.25) is 5.02 Å². The summed E-state index contributed by atoms with van der Waals surface area (Å²) in [5.74, 6) is 0.930. The highest BCUT2D eigenvalue weighted by atomic mass is 35.5. The monoisotopic (exact) mass is 357 g/mol. The van der Waals surface area contributed by atoms with Gasteiger partial charge in [0.25, 0.3) is 5.91 Å². The Morgan fingerprint density at radius 1 is 1.28 bits per heavy atom. The van der Waals surface area contributed by atoms with Crippen molar-refractivity contribution in [2.45, 2.75) is 12.6 Å². The first-order valence-corrected chi connectivity index (χ1v) is 8.33. The molecule has 1 amide bonds. The number of guanidine groups is 1. The molecule has 0 aromatic heterocycles. The number of ether oxygens (including phenoxy) is 1. The van der Waals surface area contributed by atoms with Crippen LogP contribution in [0.15, 0.2) is 47.5 Å². The molecule has 2 aliphatic heterocycles. The van der Waals surface area contributed by atoms with E-state index in [1.807, 2.05) is 35.2 Å². The first-order valence-electron chi connectivity index (χ1n) is 7.95. The number of nitrogens with one attached hydrogen (secondary N) is 1. The van der Waals surface area contributed by atoms with Gasteiger partial charge in [0.2, 0.25) is 5.96 Å². The molecule has 0 spiro atoms. The molecule has 0 saturated carbocycles. The third-order valence-corrected chi connectivity index (χ3v) is 4.68. The third kappa shape index (κ3) is 2.73. The van der Waals surface area contributed by atoms with Gasteiger partial charge in [0.1, 0.15) is 18.4 Å². The number of benzene rings is 2. The maximum Gasteiger partial charge on any atom is 0.254 e. The zero-order valence-electron chi connectivity index (χ0n) is 13.3. The summed E-state index contributed by atoms with van der Waals surface area (Å²) < 4.78 is 5.46. The molecule has 4 rings (SSSR count). The Labute approximate surface area is 149 Å². The molecule has 2 aromatic carbocycles. The summed E-state index contributed by atoms with van der Waals surface area (Å²) in [6.45, 7) is 0.529. The molecule has 2 aromatic rings. The van der Waals surface area contributed by atoms with Gasteiger partial charge in [-0.15, -0.1) is 0 Å². The van der Waals surface area contributed by atoms with Crippen molar-refractivity contribution in [2.24, 2.45) is 4.99 Å². The zero-order valence-corrected chi connectivity index (χ0v) is 14.0. The quantitative estimate of drug-likeness (QED) is 0.881. The fraction of sp³-hybridized carbons (Fsp3) is 0.222. The Bertz CT molecular complexity index is 854. The van der Waals surface area contributed by atoms with E-state index in [4.69, 9.17) is 21.4 Å². The second-order valence-corrected chi connectivity index (χ2v) is 6.19. The lowest BCUT2D eigenvalue weighted by Crippen LogP contribution is -2.33. The molecule has 2 N–H and O–H groups in total. The minimum atomic E-state index is -0.439. The van der Waals surface area contributed by atoms with Gasteiger partial charge < -0.3 is 14.7 Å².